The van der Waals surface area contributed by atoms with Gasteiger partial charge in [0.1, 0.15) is 29.5 Å². The quantitative estimate of drug-likeness (QED) is 0.226. The topological polar surface area (TPSA) is 90.6 Å². The first-order valence-corrected chi connectivity index (χ1v) is 13.5. The number of hydrogen-bond donors (Lipinski definition) is 1. The lowest BCUT2D eigenvalue weighted by Gasteiger charge is -2.30. The van der Waals surface area contributed by atoms with Gasteiger partial charge in [0.05, 0.1) is 12.2 Å². The van der Waals surface area contributed by atoms with Gasteiger partial charge in [-0.05, 0) is 73.1 Å². The molecule has 39 heavy (non-hydrogen) atoms. The van der Waals surface area contributed by atoms with Gasteiger partial charge in [0, 0.05) is 26.6 Å². The Morgan fingerprint density at radius 1 is 1.05 bits per heavy atom. The van der Waals surface area contributed by atoms with Crippen LogP contribution < -0.4 is 15.4 Å². The summed E-state index contributed by atoms with van der Waals surface area (Å²) >= 11 is 0. The van der Waals surface area contributed by atoms with Gasteiger partial charge >= 0.3 is 0 Å². The number of allylic oxidation sites excluding steroid dienone is 1. The SMILES string of the molecule is C=C(c1ccc(Oc2ccccc2)cc1)c1c(N)ncnc1N(C)C1CCCC(CC(=O)/C=C/COC)CC1. The van der Waals surface area contributed by atoms with E-state index in [2.05, 4.69) is 28.5 Å². The van der Waals surface area contributed by atoms with Crippen LogP contribution in [-0.2, 0) is 9.53 Å². The number of methoxy groups -OCH3 is 1. The van der Waals surface area contributed by atoms with Gasteiger partial charge in [-0.2, -0.15) is 0 Å². The first-order valence-electron chi connectivity index (χ1n) is 13.5. The van der Waals surface area contributed by atoms with Crippen molar-refractivity contribution in [2.75, 3.05) is 31.4 Å². The maximum absolute atomic E-state index is 12.3. The van der Waals surface area contributed by atoms with Crippen molar-refractivity contribution >= 4 is 23.0 Å². The third-order valence-corrected chi connectivity index (χ3v) is 7.34. The van der Waals surface area contributed by atoms with E-state index in [0.29, 0.717) is 24.8 Å². The van der Waals surface area contributed by atoms with E-state index < -0.39 is 0 Å². The lowest BCUT2D eigenvalue weighted by atomic mass is 9.94. The summed E-state index contributed by atoms with van der Waals surface area (Å²) in [6.45, 7) is 4.83. The third kappa shape index (κ3) is 7.54. The van der Waals surface area contributed by atoms with Gasteiger partial charge in [0.15, 0.2) is 5.78 Å². The monoisotopic (exact) mass is 526 g/mol. The van der Waals surface area contributed by atoms with Crippen molar-refractivity contribution in [2.45, 2.75) is 44.6 Å². The summed E-state index contributed by atoms with van der Waals surface area (Å²) in [6.07, 6.45) is 10.7. The van der Waals surface area contributed by atoms with E-state index in [1.54, 1.807) is 19.3 Å². The van der Waals surface area contributed by atoms with Crippen LogP contribution in [0.25, 0.3) is 5.57 Å². The molecule has 1 heterocycles. The molecule has 1 aliphatic carbocycles. The largest absolute Gasteiger partial charge is 0.457 e. The fourth-order valence-electron chi connectivity index (χ4n) is 5.19. The molecule has 204 valence electrons. The number of nitrogen functional groups attached to an aromatic ring is 1. The molecule has 0 amide bonds. The summed E-state index contributed by atoms with van der Waals surface area (Å²) in [5.41, 5.74) is 8.84. The minimum atomic E-state index is 0.172. The number of hydrogen-bond acceptors (Lipinski definition) is 7. The average molecular weight is 527 g/mol. The van der Waals surface area contributed by atoms with Crippen LogP contribution in [0.1, 0.15) is 49.7 Å². The van der Waals surface area contributed by atoms with Gasteiger partial charge in [-0.3, -0.25) is 4.79 Å². The van der Waals surface area contributed by atoms with Crippen molar-refractivity contribution in [3.05, 3.63) is 90.8 Å². The Bertz CT molecular complexity index is 1270. The molecule has 3 aromatic rings. The molecule has 1 saturated carbocycles. The highest BCUT2D eigenvalue weighted by molar-refractivity contribution is 5.90. The molecule has 0 spiro atoms. The first-order chi connectivity index (χ1) is 19.0. The third-order valence-electron chi connectivity index (χ3n) is 7.34. The predicted octanol–water partition coefficient (Wildman–Crippen LogP) is 6.46. The number of aromatic nitrogens is 2. The Hall–Kier alpha value is -3.97. The van der Waals surface area contributed by atoms with Crippen LogP contribution in [-0.4, -0.2) is 42.6 Å². The molecule has 0 aliphatic heterocycles. The fraction of sp³-hybridized carbons (Fsp3) is 0.344. The number of benzene rings is 2. The van der Waals surface area contributed by atoms with Crippen LogP contribution >= 0.6 is 0 Å². The Morgan fingerprint density at radius 2 is 1.79 bits per heavy atom. The summed E-state index contributed by atoms with van der Waals surface area (Å²) in [6, 6.07) is 17.8. The van der Waals surface area contributed by atoms with E-state index in [-0.39, 0.29) is 11.8 Å². The molecule has 2 unspecified atom stereocenters. The lowest BCUT2D eigenvalue weighted by molar-refractivity contribution is -0.115. The number of ether oxygens (including phenoxy) is 2. The molecule has 2 aromatic carbocycles. The van der Waals surface area contributed by atoms with Crippen molar-refractivity contribution in [3.63, 3.8) is 0 Å². The van der Waals surface area contributed by atoms with Gasteiger partial charge in [-0.25, -0.2) is 9.97 Å². The van der Waals surface area contributed by atoms with Gasteiger partial charge in [-0.15, -0.1) is 0 Å². The van der Waals surface area contributed by atoms with E-state index in [0.717, 1.165) is 66.1 Å². The van der Waals surface area contributed by atoms with E-state index in [9.17, 15) is 4.79 Å². The van der Waals surface area contributed by atoms with Gasteiger partial charge in [0.2, 0.25) is 0 Å². The molecule has 2 N–H and O–H groups in total. The zero-order valence-electron chi connectivity index (χ0n) is 22.9. The van der Waals surface area contributed by atoms with E-state index >= 15 is 0 Å². The second-order valence-electron chi connectivity index (χ2n) is 10.0. The van der Waals surface area contributed by atoms with Gasteiger partial charge in [-0.1, -0.05) is 49.4 Å². The number of ketones is 1. The number of nitrogens with zero attached hydrogens (tertiary/aromatic N) is 3. The highest BCUT2D eigenvalue weighted by Crippen LogP contribution is 2.36. The molecule has 0 radical (unpaired) electrons. The van der Waals surface area contributed by atoms with Crippen LogP contribution in [0.3, 0.4) is 0 Å². The van der Waals surface area contributed by atoms with E-state index in [4.69, 9.17) is 15.2 Å². The van der Waals surface area contributed by atoms with E-state index in [1.165, 1.54) is 6.33 Å². The summed E-state index contributed by atoms with van der Waals surface area (Å²) in [5.74, 6) is 3.27. The summed E-state index contributed by atoms with van der Waals surface area (Å²) in [5, 5.41) is 0. The highest BCUT2D eigenvalue weighted by Gasteiger charge is 2.26. The van der Waals surface area contributed by atoms with E-state index in [1.807, 2.05) is 54.6 Å². The number of anilines is 2. The highest BCUT2D eigenvalue weighted by atomic mass is 16.5. The van der Waals surface area contributed by atoms with Crippen molar-refractivity contribution < 1.29 is 14.3 Å². The Balaban J connectivity index is 1.45. The number of para-hydroxylation sites is 1. The minimum Gasteiger partial charge on any atom is -0.457 e. The zero-order chi connectivity index (χ0) is 27.6. The molecular formula is C32H38N4O3. The average Bonchev–Trinajstić information content (AvgIpc) is 3.19. The van der Waals surface area contributed by atoms with Crippen molar-refractivity contribution in [1.29, 1.82) is 0 Å². The van der Waals surface area contributed by atoms with Gasteiger partial charge in [0.25, 0.3) is 0 Å². The molecule has 2 atom stereocenters. The summed E-state index contributed by atoms with van der Waals surface area (Å²) in [4.78, 5) is 23.5. The molecule has 1 aliphatic rings. The standard InChI is InChI=1S/C32H38N4O3/c1-23(25-15-18-29(19-16-25)39-28-12-5-4-6-13-28)30-31(33)34-22-35-32(30)36(2)26-10-7-9-24(14-17-26)21-27(37)11-8-20-38-3/h4-6,8,11-13,15-16,18-19,22,24,26H,1,7,9-10,14,17,20-21H2,2-3H3,(H2,33,34,35)/b11-8+. The second kappa shape index (κ2) is 13.7. The molecule has 4 rings (SSSR count). The maximum atomic E-state index is 12.3. The fourth-order valence-corrected chi connectivity index (χ4v) is 5.19. The van der Waals surface area contributed by atoms with Crippen LogP contribution in [0.5, 0.6) is 11.5 Å². The van der Waals surface area contributed by atoms with Crippen LogP contribution in [0.2, 0.25) is 0 Å². The van der Waals surface area contributed by atoms with Gasteiger partial charge < -0.3 is 20.1 Å². The first kappa shape index (κ1) is 28.0. The maximum Gasteiger partial charge on any atom is 0.155 e. The Labute approximate surface area is 231 Å². The summed E-state index contributed by atoms with van der Waals surface area (Å²) in [7, 11) is 3.69. The minimum absolute atomic E-state index is 0.172. The predicted molar refractivity (Wildman–Crippen MR) is 157 cm³/mol. The zero-order valence-corrected chi connectivity index (χ0v) is 22.9. The molecule has 0 bridgehead atoms. The molecule has 0 saturated heterocycles. The molecule has 7 nitrogen and oxygen atoms in total. The molecule has 1 fully saturated rings. The van der Waals surface area contributed by atoms with Crippen molar-refractivity contribution in [3.8, 4) is 11.5 Å². The molecule has 7 heteroatoms. The lowest BCUT2D eigenvalue weighted by Crippen LogP contribution is -2.33. The number of carbonyl (C=O) groups excluding carboxylic acids is 1. The normalized spacial score (nSPS) is 17.5. The smallest absolute Gasteiger partial charge is 0.155 e. The number of nitrogens with two attached hydrogens (primary N) is 1. The second-order valence-corrected chi connectivity index (χ2v) is 10.0. The molecule has 1 aromatic heterocycles. The number of rotatable bonds is 11. The van der Waals surface area contributed by atoms with Crippen LogP contribution in [0.4, 0.5) is 11.6 Å². The summed E-state index contributed by atoms with van der Waals surface area (Å²) < 4.78 is 10.9. The number of carbonyl (C=O) groups is 1. The van der Waals surface area contributed by atoms with Crippen LogP contribution in [0.15, 0.2) is 79.7 Å². The van der Waals surface area contributed by atoms with Crippen molar-refractivity contribution in [1.82, 2.24) is 9.97 Å². The Kier molecular flexibility index (Phi) is 9.86. The Morgan fingerprint density at radius 3 is 2.54 bits per heavy atom. The van der Waals surface area contributed by atoms with Crippen LogP contribution in [0, 0.1) is 5.92 Å². The van der Waals surface area contributed by atoms with Crippen molar-refractivity contribution in [2.24, 2.45) is 5.92 Å². The molecular weight excluding hydrogens is 488 g/mol.